The van der Waals surface area contributed by atoms with Gasteiger partial charge in [-0.3, -0.25) is 14.3 Å². The van der Waals surface area contributed by atoms with Crippen LogP contribution in [-0.2, 0) is 18.3 Å². The molecule has 2 aliphatic heterocycles. The molecule has 2 bridgehead atoms. The van der Waals surface area contributed by atoms with Crippen LogP contribution < -0.4 is 16.6 Å². The van der Waals surface area contributed by atoms with E-state index in [1.54, 1.807) is 21.6 Å². The second-order valence-electron chi connectivity index (χ2n) is 9.20. The molecule has 0 unspecified atom stereocenters. The minimum atomic E-state index is -0.264. The maximum Gasteiger partial charge on any atom is 0.271 e. The molecule has 8 heteroatoms. The summed E-state index contributed by atoms with van der Waals surface area (Å²) in [7, 11) is 1.83. The Kier molecular flexibility index (Phi) is 4.69. The number of benzene rings is 2. The molecule has 35 heavy (non-hydrogen) atoms. The number of hydrogen-bond acceptors (Lipinski definition) is 5. The normalized spacial score (nSPS) is 17.3. The summed E-state index contributed by atoms with van der Waals surface area (Å²) in [6.07, 6.45) is 1.31. The first-order valence-electron chi connectivity index (χ1n) is 11.5. The Morgan fingerprint density at radius 3 is 2.46 bits per heavy atom. The van der Waals surface area contributed by atoms with Crippen molar-refractivity contribution in [2.45, 2.75) is 32.6 Å². The Balaban J connectivity index is 1.28. The van der Waals surface area contributed by atoms with Crippen LogP contribution >= 0.6 is 0 Å². The van der Waals surface area contributed by atoms with Gasteiger partial charge in [0.2, 0.25) is 0 Å². The molecule has 2 aromatic carbocycles. The maximum atomic E-state index is 13.0. The molecule has 0 saturated carbocycles. The van der Waals surface area contributed by atoms with Gasteiger partial charge in [0.25, 0.3) is 11.5 Å². The Bertz CT molecular complexity index is 1560. The molecule has 0 aliphatic carbocycles. The molecular weight excluding hydrogens is 442 g/mol. The largest absolute Gasteiger partial charge is 0.384 e. The number of aryl methyl sites for hydroxylation is 3. The van der Waals surface area contributed by atoms with E-state index in [9.17, 15) is 9.59 Å². The highest BCUT2D eigenvalue weighted by Gasteiger charge is 2.43. The highest BCUT2D eigenvalue weighted by Crippen LogP contribution is 2.54. The number of carbonyl (C=O) groups excluding carboxylic acids is 1. The summed E-state index contributed by atoms with van der Waals surface area (Å²) in [5.74, 6) is 0.319. The van der Waals surface area contributed by atoms with E-state index in [0.29, 0.717) is 17.9 Å². The SMILES string of the molecule is Cc1cc(N)nc(C)c1CNC(=O)c1ccc2c(c1)[C@@H]1O[C@H]2c2ccc(-n3c(=O)ccn3C)cc21. The molecule has 4 aromatic rings. The summed E-state index contributed by atoms with van der Waals surface area (Å²) in [6, 6.07) is 15.1. The zero-order valence-corrected chi connectivity index (χ0v) is 19.7. The molecule has 1 amide bonds. The van der Waals surface area contributed by atoms with E-state index in [4.69, 9.17) is 10.5 Å². The van der Waals surface area contributed by atoms with Crippen LogP contribution in [0.3, 0.4) is 0 Å². The number of nitrogens with zero attached hydrogens (tertiary/aromatic N) is 3. The Morgan fingerprint density at radius 1 is 1.03 bits per heavy atom. The van der Waals surface area contributed by atoms with Gasteiger partial charge in [-0.25, -0.2) is 9.67 Å². The van der Waals surface area contributed by atoms with Gasteiger partial charge in [-0.2, -0.15) is 0 Å². The average Bonchev–Trinajstić information content (AvgIpc) is 3.49. The predicted molar refractivity (Wildman–Crippen MR) is 132 cm³/mol. The van der Waals surface area contributed by atoms with Gasteiger partial charge in [0.15, 0.2) is 0 Å². The summed E-state index contributed by atoms with van der Waals surface area (Å²) in [4.78, 5) is 29.6. The van der Waals surface area contributed by atoms with Gasteiger partial charge in [0.05, 0.1) is 5.69 Å². The van der Waals surface area contributed by atoms with E-state index in [1.807, 2.05) is 63.4 Å². The zero-order valence-electron chi connectivity index (χ0n) is 19.7. The Morgan fingerprint density at radius 2 is 1.74 bits per heavy atom. The molecule has 0 spiro atoms. The van der Waals surface area contributed by atoms with E-state index < -0.39 is 0 Å². The molecule has 4 heterocycles. The number of aromatic nitrogens is 3. The molecule has 0 saturated heterocycles. The molecule has 2 aromatic heterocycles. The first kappa shape index (κ1) is 21.4. The van der Waals surface area contributed by atoms with E-state index in [2.05, 4.69) is 10.3 Å². The van der Waals surface area contributed by atoms with E-state index >= 15 is 0 Å². The molecule has 6 rings (SSSR count). The van der Waals surface area contributed by atoms with Gasteiger partial charge in [-0.15, -0.1) is 0 Å². The van der Waals surface area contributed by atoms with Crippen molar-refractivity contribution in [3.63, 3.8) is 0 Å². The highest BCUT2D eigenvalue weighted by atomic mass is 16.5. The van der Waals surface area contributed by atoms with E-state index in [0.717, 1.165) is 44.8 Å². The third kappa shape index (κ3) is 3.29. The zero-order chi connectivity index (χ0) is 24.4. The molecule has 2 aliphatic rings. The third-order valence-electron chi connectivity index (χ3n) is 7.02. The quantitative estimate of drug-likeness (QED) is 0.480. The first-order chi connectivity index (χ1) is 16.8. The third-order valence-corrected chi connectivity index (χ3v) is 7.02. The van der Waals surface area contributed by atoms with Gasteiger partial charge >= 0.3 is 0 Å². The fraction of sp³-hybridized carbons (Fsp3) is 0.222. The van der Waals surface area contributed by atoms with Crippen molar-refractivity contribution in [1.82, 2.24) is 19.7 Å². The van der Waals surface area contributed by atoms with Crippen molar-refractivity contribution in [1.29, 1.82) is 0 Å². The lowest BCUT2D eigenvalue weighted by Crippen LogP contribution is -2.24. The second kappa shape index (κ2) is 7.68. The van der Waals surface area contributed by atoms with Crippen molar-refractivity contribution in [2.75, 3.05) is 5.73 Å². The van der Waals surface area contributed by atoms with Crippen LogP contribution in [0, 0.1) is 13.8 Å². The summed E-state index contributed by atoms with van der Waals surface area (Å²) in [5.41, 5.74) is 14.1. The minimum absolute atomic E-state index is 0.0855. The summed E-state index contributed by atoms with van der Waals surface area (Å²) in [6.45, 7) is 4.23. The average molecular weight is 468 g/mol. The van der Waals surface area contributed by atoms with Crippen molar-refractivity contribution >= 4 is 11.7 Å². The fourth-order valence-electron chi connectivity index (χ4n) is 5.31. The molecule has 2 atom stereocenters. The van der Waals surface area contributed by atoms with Crippen LogP contribution in [0.1, 0.15) is 61.6 Å². The second-order valence-corrected chi connectivity index (χ2v) is 9.20. The number of amides is 1. The molecular formula is C27H25N5O3. The van der Waals surface area contributed by atoms with Crippen LogP contribution in [0.5, 0.6) is 0 Å². The van der Waals surface area contributed by atoms with Crippen molar-refractivity contribution < 1.29 is 9.53 Å². The number of anilines is 1. The number of pyridine rings is 1. The molecule has 0 radical (unpaired) electrons. The van der Waals surface area contributed by atoms with Crippen LogP contribution in [0.15, 0.2) is 59.5 Å². The standard InChI is InChI=1S/C27H25N5O3/c1-14-10-23(28)30-15(2)22(14)13-29-27(34)16-4-6-18-20(11-16)26-21-12-17(5-7-19(21)25(18)35-26)32-24(33)8-9-31(32)3/h4-12,25-26H,13H2,1-3H3,(H2,28,30)(H,29,34)/t25-,26+/m1/s1. The summed E-state index contributed by atoms with van der Waals surface area (Å²) >= 11 is 0. The van der Waals surface area contributed by atoms with Crippen LogP contribution in [0.25, 0.3) is 5.69 Å². The first-order valence-corrected chi connectivity index (χ1v) is 11.5. The summed E-state index contributed by atoms with van der Waals surface area (Å²) in [5, 5.41) is 3.01. The van der Waals surface area contributed by atoms with Crippen LogP contribution in [-0.4, -0.2) is 20.3 Å². The minimum Gasteiger partial charge on any atom is -0.384 e. The molecule has 8 nitrogen and oxygen atoms in total. The van der Waals surface area contributed by atoms with Crippen LogP contribution in [0.2, 0.25) is 0 Å². The Labute approximate surface area is 202 Å². The van der Waals surface area contributed by atoms with Crippen molar-refractivity contribution in [3.05, 3.63) is 110 Å². The Hall–Kier alpha value is -4.17. The number of nitrogen functional groups attached to an aromatic ring is 1. The summed E-state index contributed by atoms with van der Waals surface area (Å²) < 4.78 is 9.68. The monoisotopic (exact) mass is 467 g/mol. The lowest BCUT2D eigenvalue weighted by atomic mass is 9.85. The van der Waals surface area contributed by atoms with Gasteiger partial charge in [-0.05, 0) is 77.6 Å². The molecule has 0 fully saturated rings. The lowest BCUT2D eigenvalue weighted by Gasteiger charge is -2.18. The van der Waals surface area contributed by atoms with Gasteiger partial charge < -0.3 is 15.8 Å². The van der Waals surface area contributed by atoms with Gasteiger partial charge in [0.1, 0.15) is 18.0 Å². The predicted octanol–water partition coefficient (Wildman–Crippen LogP) is 3.22. The van der Waals surface area contributed by atoms with Crippen molar-refractivity contribution in [2.24, 2.45) is 7.05 Å². The van der Waals surface area contributed by atoms with Crippen LogP contribution in [0.4, 0.5) is 5.82 Å². The van der Waals surface area contributed by atoms with Crippen molar-refractivity contribution in [3.8, 4) is 5.69 Å². The van der Waals surface area contributed by atoms with E-state index in [1.165, 1.54) is 0 Å². The molecule has 3 N–H and O–H groups in total. The number of nitrogens with two attached hydrogens (primary N) is 1. The maximum absolute atomic E-state index is 13.0. The number of carbonyl (C=O) groups is 1. The van der Waals surface area contributed by atoms with Gasteiger partial charge in [0, 0.05) is 37.1 Å². The smallest absolute Gasteiger partial charge is 0.271 e. The number of rotatable bonds is 4. The highest BCUT2D eigenvalue weighted by molar-refractivity contribution is 5.94. The number of ether oxygens (including phenoxy) is 1. The lowest BCUT2D eigenvalue weighted by molar-refractivity contribution is 0.0857. The number of nitrogens with one attached hydrogen (secondary N) is 1. The molecule has 176 valence electrons. The van der Waals surface area contributed by atoms with E-state index in [-0.39, 0.29) is 23.7 Å². The fourth-order valence-corrected chi connectivity index (χ4v) is 5.31. The number of hydrogen-bond donors (Lipinski definition) is 2. The topological polar surface area (TPSA) is 104 Å². The number of fused-ring (bicyclic) bond motifs is 8. The van der Waals surface area contributed by atoms with Gasteiger partial charge in [-0.1, -0.05) is 12.1 Å².